The molecule has 0 aromatic heterocycles. The highest BCUT2D eigenvalue weighted by Gasteiger charge is 2.48. The van der Waals surface area contributed by atoms with E-state index in [2.05, 4.69) is 10.6 Å². The number of carbonyl (C=O) groups is 4. The lowest BCUT2D eigenvalue weighted by molar-refractivity contribution is -0.147. The molecule has 2 aliphatic rings. The number of likely N-dealkylation sites (N-methyl/N-ethyl adjacent to an activating group) is 1. The van der Waals surface area contributed by atoms with Gasteiger partial charge in [0.1, 0.15) is 18.1 Å². The Hall–Kier alpha value is -3.72. The zero-order valence-electron chi connectivity index (χ0n) is 22.9. The fourth-order valence-corrected chi connectivity index (χ4v) is 5.77. The molecule has 0 saturated carbocycles. The maximum absolute atomic E-state index is 14.2. The van der Waals surface area contributed by atoms with Crippen LogP contribution in [0, 0.1) is 0 Å². The first-order chi connectivity index (χ1) is 18.7. The summed E-state index contributed by atoms with van der Waals surface area (Å²) in [6.07, 6.45) is 1.32. The van der Waals surface area contributed by atoms with Gasteiger partial charge in [-0.2, -0.15) is 0 Å². The summed E-state index contributed by atoms with van der Waals surface area (Å²) in [7, 11) is 1.57. The lowest BCUT2D eigenvalue weighted by atomic mass is 9.96. The van der Waals surface area contributed by atoms with Crippen LogP contribution in [0.1, 0.15) is 56.1 Å². The van der Waals surface area contributed by atoms with Crippen LogP contribution in [0.3, 0.4) is 0 Å². The van der Waals surface area contributed by atoms with Crippen LogP contribution in [-0.4, -0.2) is 77.7 Å². The molecule has 2 aliphatic heterocycles. The maximum atomic E-state index is 14.2. The summed E-state index contributed by atoms with van der Waals surface area (Å²) in [6.45, 7) is 4.13. The first-order valence-electron chi connectivity index (χ1n) is 13.7. The zero-order chi connectivity index (χ0) is 28.1. The molecule has 0 radical (unpaired) electrons. The van der Waals surface area contributed by atoms with E-state index in [0.29, 0.717) is 32.4 Å². The largest absolute Gasteiger partial charge is 0.357 e. The average Bonchev–Trinajstić information content (AvgIpc) is 3.61. The van der Waals surface area contributed by atoms with Crippen molar-refractivity contribution in [2.45, 2.75) is 69.1 Å². The van der Waals surface area contributed by atoms with Gasteiger partial charge in [0, 0.05) is 32.0 Å². The molecule has 0 aliphatic carbocycles. The number of nitrogens with zero attached hydrogens (tertiary/aromatic N) is 2. The molecular formula is C30H39N5O4. The molecule has 9 heteroatoms. The van der Waals surface area contributed by atoms with Crippen molar-refractivity contribution in [1.29, 1.82) is 0 Å². The Labute approximate surface area is 230 Å². The van der Waals surface area contributed by atoms with E-state index in [0.717, 1.165) is 11.1 Å². The summed E-state index contributed by atoms with van der Waals surface area (Å²) in [5.74, 6) is -1.20. The minimum absolute atomic E-state index is 0.0154. The van der Waals surface area contributed by atoms with Crippen LogP contribution >= 0.6 is 0 Å². The van der Waals surface area contributed by atoms with Gasteiger partial charge in [-0.1, -0.05) is 67.6 Å². The van der Waals surface area contributed by atoms with E-state index in [1.54, 1.807) is 23.8 Å². The van der Waals surface area contributed by atoms with Gasteiger partial charge in [-0.3, -0.25) is 19.2 Å². The van der Waals surface area contributed by atoms with Gasteiger partial charge in [-0.05, 0) is 37.3 Å². The third-order valence-corrected chi connectivity index (χ3v) is 7.98. The molecule has 2 heterocycles. The predicted molar refractivity (Wildman–Crippen MR) is 149 cm³/mol. The van der Waals surface area contributed by atoms with Gasteiger partial charge in [0.25, 0.3) is 0 Å². The summed E-state index contributed by atoms with van der Waals surface area (Å²) in [5, 5.41) is 5.46. The molecule has 2 saturated heterocycles. The van der Waals surface area contributed by atoms with E-state index < -0.39 is 30.1 Å². The van der Waals surface area contributed by atoms with E-state index in [9.17, 15) is 19.2 Å². The number of carbonyl (C=O) groups excluding carboxylic acids is 4. The molecule has 2 aromatic rings. The number of nitrogens with one attached hydrogen (secondary N) is 2. The molecule has 4 amide bonds. The van der Waals surface area contributed by atoms with E-state index in [1.807, 2.05) is 67.6 Å². The number of hydrogen-bond donors (Lipinski definition) is 3. The predicted octanol–water partition coefficient (Wildman–Crippen LogP) is 1.74. The second-order valence-corrected chi connectivity index (χ2v) is 10.6. The Morgan fingerprint density at radius 3 is 1.87 bits per heavy atom. The van der Waals surface area contributed by atoms with Crippen LogP contribution in [-0.2, 0) is 19.2 Å². The van der Waals surface area contributed by atoms with E-state index in [-0.39, 0.29) is 29.6 Å². The van der Waals surface area contributed by atoms with Gasteiger partial charge in [-0.25, -0.2) is 0 Å². The van der Waals surface area contributed by atoms with Crippen LogP contribution in [0.25, 0.3) is 0 Å². The number of nitrogens with two attached hydrogens (primary N) is 1. The molecule has 2 aromatic carbocycles. The van der Waals surface area contributed by atoms with Crippen molar-refractivity contribution in [2.75, 3.05) is 20.1 Å². The van der Waals surface area contributed by atoms with Crippen molar-refractivity contribution in [3.63, 3.8) is 0 Å². The standard InChI is InChI=1S/C30H39N5O4/c1-4-24(33-27(36)19(2)31)29(38)35-18-23(21-13-9-6-10-14-21)16-26(35)30(39)34-17-22(15-25(34)28(37)32-3)20-11-7-5-8-12-20/h5-14,19,22-26H,4,15-18,31H2,1-3H3,(H,32,37)(H,33,36)/t19?,22-,23-,24?,25-,26-/m0/s1. The van der Waals surface area contributed by atoms with Crippen molar-refractivity contribution in [3.05, 3.63) is 71.8 Å². The highest BCUT2D eigenvalue weighted by molar-refractivity contribution is 5.95. The van der Waals surface area contributed by atoms with Crippen molar-refractivity contribution in [3.8, 4) is 0 Å². The zero-order valence-corrected chi connectivity index (χ0v) is 22.9. The number of hydrogen-bond acceptors (Lipinski definition) is 5. The summed E-state index contributed by atoms with van der Waals surface area (Å²) in [4.78, 5) is 56.6. The van der Waals surface area contributed by atoms with E-state index >= 15 is 0 Å². The molecule has 2 unspecified atom stereocenters. The second kappa shape index (κ2) is 12.4. The van der Waals surface area contributed by atoms with Crippen molar-refractivity contribution >= 4 is 23.6 Å². The number of rotatable bonds is 8. The molecule has 0 bridgehead atoms. The first kappa shape index (κ1) is 28.3. The summed E-state index contributed by atoms with van der Waals surface area (Å²) < 4.78 is 0. The topological polar surface area (TPSA) is 125 Å². The average molecular weight is 534 g/mol. The van der Waals surface area contributed by atoms with Gasteiger partial charge in [0.2, 0.25) is 23.6 Å². The van der Waals surface area contributed by atoms with Gasteiger partial charge in [0.05, 0.1) is 6.04 Å². The van der Waals surface area contributed by atoms with Crippen LogP contribution in [0.5, 0.6) is 0 Å². The molecule has 9 nitrogen and oxygen atoms in total. The normalized spacial score (nSPS) is 24.2. The van der Waals surface area contributed by atoms with Crippen molar-refractivity contribution < 1.29 is 19.2 Å². The number of likely N-dealkylation sites (tertiary alicyclic amines) is 2. The fraction of sp³-hybridized carbons (Fsp3) is 0.467. The van der Waals surface area contributed by atoms with Crippen LogP contribution in [0.2, 0.25) is 0 Å². The molecule has 208 valence electrons. The summed E-state index contributed by atoms with van der Waals surface area (Å²) >= 11 is 0. The Kier molecular flexibility index (Phi) is 9.01. The fourth-order valence-electron chi connectivity index (χ4n) is 5.77. The molecule has 0 spiro atoms. The minimum Gasteiger partial charge on any atom is -0.357 e. The summed E-state index contributed by atoms with van der Waals surface area (Å²) in [6, 6.07) is 16.8. The highest BCUT2D eigenvalue weighted by Crippen LogP contribution is 2.37. The molecule has 6 atom stereocenters. The minimum atomic E-state index is -0.793. The first-order valence-corrected chi connectivity index (χ1v) is 13.7. The van der Waals surface area contributed by atoms with Crippen molar-refractivity contribution in [2.24, 2.45) is 5.73 Å². The smallest absolute Gasteiger partial charge is 0.246 e. The third kappa shape index (κ3) is 6.14. The van der Waals surface area contributed by atoms with Crippen LogP contribution < -0.4 is 16.4 Å². The Balaban J connectivity index is 1.64. The van der Waals surface area contributed by atoms with E-state index in [4.69, 9.17) is 5.73 Å². The number of amides is 4. The van der Waals surface area contributed by atoms with E-state index in [1.165, 1.54) is 0 Å². The van der Waals surface area contributed by atoms with Crippen LogP contribution in [0.4, 0.5) is 0 Å². The van der Waals surface area contributed by atoms with Gasteiger partial charge < -0.3 is 26.2 Å². The van der Waals surface area contributed by atoms with Gasteiger partial charge in [0.15, 0.2) is 0 Å². The molecule has 39 heavy (non-hydrogen) atoms. The maximum Gasteiger partial charge on any atom is 0.246 e. The van der Waals surface area contributed by atoms with Crippen molar-refractivity contribution in [1.82, 2.24) is 20.4 Å². The van der Waals surface area contributed by atoms with Gasteiger partial charge >= 0.3 is 0 Å². The molecule has 2 fully saturated rings. The Morgan fingerprint density at radius 2 is 1.38 bits per heavy atom. The summed E-state index contributed by atoms with van der Waals surface area (Å²) in [5.41, 5.74) is 7.85. The highest BCUT2D eigenvalue weighted by atomic mass is 16.2. The second-order valence-electron chi connectivity index (χ2n) is 10.6. The third-order valence-electron chi connectivity index (χ3n) is 7.98. The van der Waals surface area contributed by atoms with Gasteiger partial charge in [-0.15, -0.1) is 0 Å². The molecular weight excluding hydrogens is 494 g/mol. The quantitative estimate of drug-likeness (QED) is 0.477. The monoisotopic (exact) mass is 533 g/mol. The Morgan fingerprint density at radius 1 is 0.872 bits per heavy atom. The van der Waals surface area contributed by atoms with Crippen LogP contribution in [0.15, 0.2) is 60.7 Å². The lowest BCUT2D eigenvalue weighted by Gasteiger charge is -2.32. The lowest BCUT2D eigenvalue weighted by Crippen LogP contribution is -2.57. The number of benzene rings is 2. The molecule has 4 N–H and O–H groups in total. The molecule has 4 rings (SSSR count). The SMILES string of the molecule is CCC(NC(=O)C(C)N)C(=O)N1C[C@@H](c2ccccc2)C[C@H]1C(=O)N1C[C@@H](c2ccccc2)C[C@H]1C(=O)NC. The Bertz CT molecular complexity index is 1170.